The SMILES string of the molecule is CN1CCCCC1CCNCc1nccn1C. The van der Waals surface area contributed by atoms with Crippen molar-refractivity contribution in [3.8, 4) is 0 Å². The maximum absolute atomic E-state index is 4.31. The fourth-order valence-electron chi connectivity index (χ4n) is 2.54. The highest BCUT2D eigenvalue weighted by molar-refractivity contribution is 4.90. The topological polar surface area (TPSA) is 33.1 Å². The molecule has 4 nitrogen and oxygen atoms in total. The molecule has 1 atom stereocenters. The summed E-state index contributed by atoms with van der Waals surface area (Å²) in [7, 11) is 4.29. The first-order valence-electron chi connectivity index (χ1n) is 6.64. The summed E-state index contributed by atoms with van der Waals surface area (Å²) in [6.07, 6.45) is 9.22. The number of imidazole rings is 1. The molecule has 1 aromatic heterocycles. The van der Waals surface area contributed by atoms with Crippen LogP contribution in [0.2, 0.25) is 0 Å². The van der Waals surface area contributed by atoms with Gasteiger partial charge in [0.2, 0.25) is 0 Å². The van der Waals surface area contributed by atoms with E-state index >= 15 is 0 Å². The molecule has 0 spiro atoms. The van der Waals surface area contributed by atoms with E-state index in [-0.39, 0.29) is 0 Å². The fraction of sp³-hybridized carbons (Fsp3) is 0.769. The van der Waals surface area contributed by atoms with Gasteiger partial charge in [0.05, 0.1) is 6.54 Å². The van der Waals surface area contributed by atoms with Crippen molar-refractivity contribution < 1.29 is 0 Å². The average molecular weight is 236 g/mol. The summed E-state index contributed by atoms with van der Waals surface area (Å²) in [5.74, 6) is 1.11. The molecular weight excluding hydrogens is 212 g/mol. The molecule has 1 aliphatic heterocycles. The minimum Gasteiger partial charge on any atom is -0.337 e. The summed E-state index contributed by atoms with van der Waals surface area (Å²) in [5, 5.41) is 3.49. The Hall–Kier alpha value is -0.870. The Morgan fingerprint density at radius 2 is 2.29 bits per heavy atom. The summed E-state index contributed by atoms with van der Waals surface area (Å²) < 4.78 is 2.07. The first-order chi connectivity index (χ1) is 8.27. The van der Waals surface area contributed by atoms with Gasteiger partial charge in [0.25, 0.3) is 0 Å². The van der Waals surface area contributed by atoms with Crippen molar-refractivity contribution in [1.29, 1.82) is 0 Å². The molecule has 2 heterocycles. The molecule has 0 aromatic carbocycles. The molecule has 0 bridgehead atoms. The van der Waals surface area contributed by atoms with E-state index in [0.29, 0.717) is 0 Å². The lowest BCUT2D eigenvalue weighted by Crippen LogP contribution is -2.38. The molecule has 2 rings (SSSR count). The number of rotatable bonds is 5. The minimum atomic E-state index is 0.776. The third-order valence-electron chi connectivity index (χ3n) is 3.78. The fourth-order valence-corrected chi connectivity index (χ4v) is 2.54. The zero-order chi connectivity index (χ0) is 12.1. The minimum absolute atomic E-state index is 0.776. The molecule has 0 amide bonds. The van der Waals surface area contributed by atoms with Gasteiger partial charge in [-0.2, -0.15) is 0 Å². The van der Waals surface area contributed by atoms with Gasteiger partial charge in [-0.3, -0.25) is 0 Å². The van der Waals surface area contributed by atoms with E-state index in [0.717, 1.165) is 25.0 Å². The van der Waals surface area contributed by atoms with Crippen molar-refractivity contribution in [2.75, 3.05) is 20.1 Å². The molecular formula is C13H24N4. The van der Waals surface area contributed by atoms with Gasteiger partial charge in [-0.25, -0.2) is 4.98 Å². The van der Waals surface area contributed by atoms with Crippen molar-refractivity contribution in [2.45, 2.75) is 38.3 Å². The predicted molar refractivity (Wildman–Crippen MR) is 69.8 cm³/mol. The molecule has 4 heteroatoms. The van der Waals surface area contributed by atoms with Gasteiger partial charge in [-0.05, 0) is 39.4 Å². The zero-order valence-electron chi connectivity index (χ0n) is 11.0. The van der Waals surface area contributed by atoms with E-state index in [1.807, 2.05) is 19.4 Å². The van der Waals surface area contributed by atoms with Crippen molar-refractivity contribution in [1.82, 2.24) is 19.8 Å². The summed E-state index contributed by atoms with van der Waals surface area (Å²) in [5.41, 5.74) is 0. The van der Waals surface area contributed by atoms with Gasteiger partial charge >= 0.3 is 0 Å². The quantitative estimate of drug-likeness (QED) is 0.784. The molecule has 1 fully saturated rings. The molecule has 17 heavy (non-hydrogen) atoms. The number of aromatic nitrogens is 2. The van der Waals surface area contributed by atoms with Crippen LogP contribution in [0.5, 0.6) is 0 Å². The molecule has 1 N–H and O–H groups in total. The van der Waals surface area contributed by atoms with Crippen LogP contribution in [0, 0.1) is 0 Å². The zero-order valence-corrected chi connectivity index (χ0v) is 11.0. The third kappa shape index (κ3) is 3.54. The summed E-state index contributed by atoms with van der Waals surface area (Å²) >= 11 is 0. The molecule has 1 saturated heterocycles. The van der Waals surface area contributed by atoms with Gasteiger partial charge in [-0.1, -0.05) is 6.42 Å². The maximum atomic E-state index is 4.31. The molecule has 1 aromatic rings. The van der Waals surface area contributed by atoms with E-state index in [9.17, 15) is 0 Å². The van der Waals surface area contributed by atoms with E-state index in [2.05, 4.69) is 26.8 Å². The first-order valence-corrected chi connectivity index (χ1v) is 6.64. The van der Waals surface area contributed by atoms with Crippen molar-refractivity contribution in [3.05, 3.63) is 18.2 Å². The Morgan fingerprint density at radius 1 is 1.41 bits per heavy atom. The number of aryl methyl sites for hydroxylation is 1. The van der Waals surface area contributed by atoms with Crippen molar-refractivity contribution in [3.63, 3.8) is 0 Å². The highest BCUT2D eigenvalue weighted by Gasteiger charge is 2.17. The van der Waals surface area contributed by atoms with E-state index in [1.54, 1.807) is 0 Å². The second-order valence-electron chi connectivity index (χ2n) is 5.05. The number of hydrogen-bond acceptors (Lipinski definition) is 3. The lowest BCUT2D eigenvalue weighted by molar-refractivity contribution is 0.175. The Labute approximate surface area is 104 Å². The van der Waals surface area contributed by atoms with Crippen LogP contribution in [0.25, 0.3) is 0 Å². The lowest BCUT2D eigenvalue weighted by Gasteiger charge is -2.32. The predicted octanol–water partition coefficient (Wildman–Crippen LogP) is 1.38. The van der Waals surface area contributed by atoms with Gasteiger partial charge in [0.15, 0.2) is 0 Å². The van der Waals surface area contributed by atoms with Crippen molar-refractivity contribution >= 4 is 0 Å². The normalized spacial score (nSPS) is 21.9. The van der Waals surface area contributed by atoms with Gasteiger partial charge < -0.3 is 14.8 Å². The second kappa shape index (κ2) is 6.17. The Morgan fingerprint density at radius 3 is 3.00 bits per heavy atom. The summed E-state index contributed by atoms with van der Waals surface area (Å²) in [4.78, 5) is 6.81. The third-order valence-corrected chi connectivity index (χ3v) is 3.78. The van der Waals surface area contributed by atoms with Gasteiger partial charge in [0, 0.05) is 25.5 Å². The van der Waals surface area contributed by atoms with Crippen molar-refractivity contribution in [2.24, 2.45) is 7.05 Å². The molecule has 1 aliphatic rings. The average Bonchev–Trinajstić information content (AvgIpc) is 2.73. The van der Waals surface area contributed by atoms with Crippen LogP contribution in [0.4, 0.5) is 0 Å². The van der Waals surface area contributed by atoms with Crippen LogP contribution in [0.15, 0.2) is 12.4 Å². The number of hydrogen-bond donors (Lipinski definition) is 1. The van der Waals surface area contributed by atoms with Crippen LogP contribution in [-0.4, -0.2) is 40.6 Å². The van der Waals surface area contributed by atoms with Crippen LogP contribution >= 0.6 is 0 Å². The highest BCUT2D eigenvalue weighted by atomic mass is 15.1. The largest absolute Gasteiger partial charge is 0.337 e. The molecule has 0 aliphatic carbocycles. The van der Waals surface area contributed by atoms with E-state index in [1.165, 1.54) is 32.2 Å². The van der Waals surface area contributed by atoms with Crippen LogP contribution in [-0.2, 0) is 13.6 Å². The number of likely N-dealkylation sites (tertiary alicyclic amines) is 1. The standard InChI is InChI=1S/C13H24N4/c1-16-9-4-3-5-12(16)6-7-14-11-13-15-8-10-17(13)2/h8,10,12,14H,3-7,9,11H2,1-2H3. The second-order valence-corrected chi connectivity index (χ2v) is 5.05. The lowest BCUT2D eigenvalue weighted by atomic mass is 10.0. The number of piperidine rings is 1. The number of nitrogens with one attached hydrogen (secondary N) is 1. The van der Waals surface area contributed by atoms with Crippen LogP contribution in [0.3, 0.4) is 0 Å². The molecule has 1 unspecified atom stereocenters. The smallest absolute Gasteiger partial charge is 0.122 e. The van der Waals surface area contributed by atoms with Gasteiger partial charge in [-0.15, -0.1) is 0 Å². The molecule has 0 radical (unpaired) electrons. The Bertz CT molecular complexity index is 334. The number of nitrogens with zero attached hydrogens (tertiary/aromatic N) is 3. The summed E-state index contributed by atoms with van der Waals surface area (Å²) in [6.45, 7) is 3.23. The maximum Gasteiger partial charge on any atom is 0.122 e. The Kier molecular flexibility index (Phi) is 4.57. The molecule has 0 saturated carbocycles. The Balaban J connectivity index is 1.64. The van der Waals surface area contributed by atoms with E-state index in [4.69, 9.17) is 0 Å². The first kappa shape index (κ1) is 12.6. The van der Waals surface area contributed by atoms with Crippen LogP contribution < -0.4 is 5.32 Å². The van der Waals surface area contributed by atoms with Gasteiger partial charge in [0.1, 0.15) is 5.82 Å². The summed E-state index contributed by atoms with van der Waals surface area (Å²) in [6, 6.07) is 0.776. The van der Waals surface area contributed by atoms with Crippen LogP contribution in [0.1, 0.15) is 31.5 Å². The highest BCUT2D eigenvalue weighted by Crippen LogP contribution is 2.17. The molecule has 96 valence electrons. The van der Waals surface area contributed by atoms with E-state index < -0.39 is 0 Å². The monoisotopic (exact) mass is 236 g/mol.